The van der Waals surface area contributed by atoms with Gasteiger partial charge in [0.2, 0.25) is 0 Å². The van der Waals surface area contributed by atoms with Crippen LogP contribution in [-0.2, 0) is 16.7 Å². The zero-order valence-electron chi connectivity index (χ0n) is 11.2. The molecule has 112 valence electrons. The van der Waals surface area contributed by atoms with Crippen LogP contribution < -0.4 is 10.6 Å². The van der Waals surface area contributed by atoms with Gasteiger partial charge in [-0.15, -0.1) is 0 Å². The van der Waals surface area contributed by atoms with Crippen LogP contribution in [0.2, 0.25) is 0 Å². The third-order valence-corrected chi connectivity index (χ3v) is 3.92. The molecule has 2 aromatic carbocycles. The second-order valence-electron chi connectivity index (χ2n) is 4.58. The SMILES string of the molecule is O=S(=O)(O)CCNC(=S)NCc1ccc2ccccc2c1. The summed E-state index contributed by atoms with van der Waals surface area (Å²) in [6, 6.07) is 14.2. The maximum atomic E-state index is 10.6. The van der Waals surface area contributed by atoms with Gasteiger partial charge >= 0.3 is 0 Å². The van der Waals surface area contributed by atoms with Gasteiger partial charge in [0.25, 0.3) is 10.1 Å². The quantitative estimate of drug-likeness (QED) is 0.574. The van der Waals surface area contributed by atoms with E-state index in [4.69, 9.17) is 16.8 Å². The van der Waals surface area contributed by atoms with E-state index in [0.29, 0.717) is 11.7 Å². The smallest absolute Gasteiger partial charge is 0.266 e. The molecule has 0 spiro atoms. The highest BCUT2D eigenvalue weighted by Crippen LogP contribution is 2.15. The van der Waals surface area contributed by atoms with Crippen LogP contribution >= 0.6 is 12.2 Å². The molecular weight excluding hydrogens is 308 g/mol. The van der Waals surface area contributed by atoms with Crippen molar-refractivity contribution < 1.29 is 13.0 Å². The van der Waals surface area contributed by atoms with E-state index in [1.807, 2.05) is 36.4 Å². The van der Waals surface area contributed by atoms with Gasteiger partial charge in [-0.05, 0) is 34.6 Å². The molecule has 0 unspecified atom stereocenters. The number of thiocarbonyl (C=S) groups is 1. The van der Waals surface area contributed by atoms with Gasteiger partial charge in [0, 0.05) is 13.1 Å². The molecule has 0 aliphatic carbocycles. The summed E-state index contributed by atoms with van der Waals surface area (Å²) in [5, 5.41) is 8.41. The fraction of sp³-hybridized carbons (Fsp3) is 0.214. The Kier molecular flexibility index (Phi) is 5.11. The molecule has 0 aliphatic rings. The van der Waals surface area contributed by atoms with E-state index in [9.17, 15) is 8.42 Å². The molecule has 0 amide bonds. The minimum Gasteiger partial charge on any atom is -0.362 e. The van der Waals surface area contributed by atoms with Crippen molar-refractivity contribution in [2.24, 2.45) is 0 Å². The molecular formula is C14H16N2O3S2. The van der Waals surface area contributed by atoms with Gasteiger partial charge in [-0.2, -0.15) is 8.42 Å². The number of rotatable bonds is 5. The Labute approximate surface area is 129 Å². The molecule has 0 atom stereocenters. The Morgan fingerprint density at radius 1 is 1.10 bits per heavy atom. The summed E-state index contributed by atoms with van der Waals surface area (Å²) < 4.78 is 29.7. The largest absolute Gasteiger partial charge is 0.362 e. The summed E-state index contributed by atoms with van der Waals surface area (Å²) in [6.45, 7) is 0.616. The summed E-state index contributed by atoms with van der Waals surface area (Å²) in [5.41, 5.74) is 1.08. The molecule has 5 nitrogen and oxygen atoms in total. The maximum Gasteiger partial charge on any atom is 0.266 e. The van der Waals surface area contributed by atoms with E-state index in [1.54, 1.807) is 0 Å². The molecule has 0 fully saturated rings. The second kappa shape index (κ2) is 6.84. The molecule has 0 saturated heterocycles. The van der Waals surface area contributed by atoms with Crippen LogP contribution in [-0.4, -0.2) is 30.4 Å². The van der Waals surface area contributed by atoms with Gasteiger partial charge < -0.3 is 10.6 Å². The molecule has 2 aromatic rings. The Hall–Kier alpha value is -1.70. The molecule has 2 rings (SSSR count). The van der Waals surface area contributed by atoms with Crippen LogP contribution in [0.3, 0.4) is 0 Å². The summed E-state index contributed by atoms with van der Waals surface area (Å²) in [6.07, 6.45) is 0. The average molecular weight is 324 g/mol. The van der Waals surface area contributed by atoms with Crippen LogP contribution in [0, 0.1) is 0 Å². The highest BCUT2D eigenvalue weighted by molar-refractivity contribution is 7.85. The van der Waals surface area contributed by atoms with E-state index in [-0.39, 0.29) is 12.3 Å². The first-order valence-electron chi connectivity index (χ1n) is 6.38. The topological polar surface area (TPSA) is 78.4 Å². The Morgan fingerprint density at radius 2 is 1.81 bits per heavy atom. The first kappa shape index (κ1) is 15.7. The molecule has 7 heteroatoms. The van der Waals surface area contributed by atoms with Crippen molar-refractivity contribution >= 4 is 38.2 Å². The van der Waals surface area contributed by atoms with E-state index in [2.05, 4.69) is 16.7 Å². The van der Waals surface area contributed by atoms with Crippen LogP contribution in [0.15, 0.2) is 42.5 Å². The van der Waals surface area contributed by atoms with Crippen LogP contribution in [0.5, 0.6) is 0 Å². The third-order valence-electron chi connectivity index (χ3n) is 2.91. The van der Waals surface area contributed by atoms with E-state index >= 15 is 0 Å². The highest BCUT2D eigenvalue weighted by atomic mass is 32.2. The fourth-order valence-electron chi connectivity index (χ4n) is 1.89. The minimum absolute atomic E-state index is 0.0718. The number of fused-ring (bicyclic) bond motifs is 1. The van der Waals surface area contributed by atoms with Crippen molar-refractivity contribution in [1.82, 2.24) is 10.6 Å². The molecule has 3 N–H and O–H groups in total. The number of benzene rings is 2. The number of hydrogen-bond acceptors (Lipinski definition) is 3. The Balaban J connectivity index is 1.85. The Morgan fingerprint density at radius 3 is 2.52 bits per heavy atom. The van der Waals surface area contributed by atoms with Crippen molar-refractivity contribution in [2.45, 2.75) is 6.54 Å². The molecule has 0 aliphatic heterocycles. The first-order chi connectivity index (χ1) is 9.94. The van der Waals surface area contributed by atoms with Crippen LogP contribution in [0.25, 0.3) is 10.8 Å². The van der Waals surface area contributed by atoms with Gasteiger partial charge in [0.15, 0.2) is 5.11 Å². The van der Waals surface area contributed by atoms with Gasteiger partial charge in [-0.25, -0.2) is 0 Å². The normalized spacial score (nSPS) is 11.3. The fourth-order valence-corrected chi connectivity index (χ4v) is 2.42. The van der Waals surface area contributed by atoms with Gasteiger partial charge in [0.1, 0.15) is 0 Å². The minimum atomic E-state index is -3.96. The number of nitrogens with one attached hydrogen (secondary N) is 2. The third kappa shape index (κ3) is 5.30. The highest BCUT2D eigenvalue weighted by Gasteiger charge is 2.04. The zero-order chi connectivity index (χ0) is 15.3. The number of hydrogen-bond donors (Lipinski definition) is 3. The maximum absolute atomic E-state index is 10.6. The predicted octanol–water partition coefficient (Wildman–Crippen LogP) is 1.69. The summed E-state index contributed by atoms with van der Waals surface area (Å²) in [5.74, 6) is -0.370. The lowest BCUT2D eigenvalue weighted by atomic mass is 10.1. The zero-order valence-corrected chi connectivity index (χ0v) is 12.9. The lowest BCUT2D eigenvalue weighted by Gasteiger charge is -2.10. The van der Waals surface area contributed by atoms with Crippen molar-refractivity contribution in [3.8, 4) is 0 Å². The van der Waals surface area contributed by atoms with Crippen molar-refractivity contribution in [1.29, 1.82) is 0 Å². The van der Waals surface area contributed by atoms with Crippen molar-refractivity contribution in [3.05, 3.63) is 48.0 Å². The van der Waals surface area contributed by atoms with E-state index in [0.717, 1.165) is 10.9 Å². The average Bonchev–Trinajstić information content (AvgIpc) is 2.43. The molecule has 0 bridgehead atoms. The summed E-state index contributed by atoms with van der Waals surface area (Å²) in [7, 11) is -3.96. The van der Waals surface area contributed by atoms with E-state index in [1.165, 1.54) is 5.39 Å². The van der Waals surface area contributed by atoms with Crippen LogP contribution in [0.1, 0.15) is 5.56 Å². The van der Waals surface area contributed by atoms with E-state index < -0.39 is 10.1 Å². The van der Waals surface area contributed by atoms with Gasteiger partial charge in [-0.1, -0.05) is 36.4 Å². The lowest BCUT2D eigenvalue weighted by molar-refractivity contribution is 0.482. The van der Waals surface area contributed by atoms with Gasteiger partial charge in [0.05, 0.1) is 5.75 Å². The molecule has 0 heterocycles. The molecule has 21 heavy (non-hydrogen) atoms. The van der Waals surface area contributed by atoms with Crippen molar-refractivity contribution in [3.63, 3.8) is 0 Å². The van der Waals surface area contributed by atoms with Crippen molar-refractivity contribution in [2.75, 3.05) is 12.3 Å². The second-order valence-corrected chi connectivity index (χ2v) is 6.56. The molecule has 0 aromatic heterocycles. The van der Waals surface area contributed by atoms with Crippen LogP contribution in [0.4, 0.5) is 0 Å². The monoisotopic (exact) mass is 324 g/mol. The summed E-state index contributed by atoms with van der Waals surface area (Å²) >= 11 is 5.04. The first-order valence-corrected chi connectivity index (χ1v) is 8.40. The predicted molar refractivity (Wildman–Crippen MR) is 87.8 cm³/mol. The standard InChI is InChI=1S/C14H16N2O3S2/c17-21(18,19)8-7-15-14(20)16-10-11-5-6-12-3-1-2-4-13(12)9-11/h1-6,9H,7-8,10H2,(H2,15,16,20)(H,17,18,19). The Bertz CT molecular complexity index is 745. The molecule has 0 radical (unpaired) electrons. The molecule has 0 saturated carbocycles. The van der Waals surface area contributed by atoms with Gasteiger partial charge in [-0.3, -0.25) is 4.55 Å². The lowest BCUT2D eigenvalue weighted by Crippen LogP contribution is -2.37. The summed E-state index contributed by atoms with van der Waals surface area (Å²) in [4.78, 5) is 0.